The molecule has 140 valence electrons. The van der Waals surface area contributed by atoms with Gasteiger partial charge in [0.25, 0.3) is 0 Å². The summed E-state index contributed by atoms with van der Waals surface area (Å²) in [6.45, 7) is 4.00. The quantitative estimate of drug-likeness (QED) is 0.695. The van der Waals surface area contributed by atoms with Gasteiger partial charge in [-0.05, 0) is 49.4 Å². The highest BCUT2D eigenvalue weighted by Gasteiger charge is 2.29. The van der Waals surface area contributed by atoms with Crippen LogP contribution >= 0.6 is 0 Å². The minimum Gasteiger partial charge on any atom is -0.368 e. The van der Waals surface area contributed by atoms with Gasteiger partial charge in [0.1, 0.15) is 5.82 Å². The summed E-state index contributed by atoms with van der Waals surface area (Å²) >= 11 is 0. The van der Waals surface area contributed by atoms with Gasteiger partial charge in [0.15, 0.2) is 0 Å². The number of anilines is 1. The zero-order chi connectivity index (χ0) is 19.0. The molecule has 1 fully saturated rings. The lowest BCUT2D eigenvalue weighted by molar-refractivity contribution is 0.385. The number of rotatable bonds is 3. The molecule has 0 spiro atoms. The molecule has 4 rings (SSSR count). The molecule has 7 heteroatoms. The predicted molar refractivity (Wildman–Crippen MR) is 104 cm³/mol. The molecule has 0 saturated carbocycles. The van der Waals surface area contributed by atoms with E-state index in [1.54, 1.807) is 6.20 Å². The van der Waals surface area contributed by atoms with E-state index in [9.17, 15) is 12.8 Å². The van der Waals surface area contributed by atoms with Crippen LogP contribution in [-0.2, 0) is 10.0 Å². The van der Waals surface area contributed by atoms with Crippen LogP contribution in [-0.4, -0.2) is 43.9 Å². The van der Waals surface area contributed by atoms with Crippen LogP contribution in [0, 0.1) is 12.7 Å². The molecule has 0 N–H and O–H groups in total. The van der Waals surface area contributed by atoms with E-state index in [2.05, 4.69) is 16.0 Å². The molecule has 1 aliphatic rings. The normalized spacial score (nSPS) is 16.0. The molecule has 0 atom stereocenters. The molecule has 2 heterocycles. The molecule has 1 saturated heterocycles. The summed E-state index contributed by atoms with van der Waals surface area (Å²) in [6.07, 6.45) is 1.79. The highest BCUT2D eigenvalue weighted by atomic mass is 32.2. The summed E-state index contributed by atoms with van der Waals surface area (Å²) in [5.74, 6) is -0.446. The van der Waals surface area contributed by atoms with Crippen molar-refractivity contribution in [2.45, 2.75) is 11.8 Å². The molecule has 0 radical (unpaired) electrons. The minimum atomic E-state index is -3.61. The third-order valence-electron chi connectivity index (χ3n) is 4.90. The smallest absolute Gasteiger partial charge is 0.243 e. The zero-order valence-electron chi connectivity index (χ0n) is 15.0. The molecule has 2 aromatic carbocycles. The van der Waals surface area contributed by atoms with Crippen LogP contribution in [0.5, 0.6) is 0 Å². The van der Waals surface area contributed by atoms with E-state index < -0.39 is 15.8 Å². The second kappa shape index (κ2) is 6.90. The summed E-state index contributed by atoms with van der Waals surface area (Å²) in [5, 5.41) is 1.08. The maximum atomic E-state index is 13.1. The Morgan fingerprint density at radius 1 is 0.963 bits per heavy atom. The Labute approximate surface area is 158 Å². The Morgan fingerprint density at radius 3 is 2.37 bits per heavy atom. The summed E-state index contributed by atoms with van der Waals surface area (Å²) < 4.78 is 40.1. The molecule has 1 aromatic heterocycles. The van der Waals surface area contributed by atoms with E-state index in [0.29, 0.717) is 26.2 Å². The molecular weight excluding hydrogens is 365 g/mol. The van der Waals surface area contributed by atoms with Crippen molar-refractivity contribution in [2.75, 3.05) is 31.1 Å². The zero-order valence-corrected chi connectivity index (χ0v) is 15.8. The molecule has 3 aromatic rings. The number of hydrogen-bond donors (Lipinski definition) is 0. The van der Waals surface area contributed by atoms with Gasteiger partial charge in [-0.2, -0.15) is 4.31 Å². The third-order valence-corrected chi connectivity index (χ3v) is 6.82. The lowest BCUT2D eigenvalue weighted by Crippen LogP contribution is -2.48. The molecular formula is C20H20FN3O2S. The van der Waals surface area contributed by atoms with Crippen molar-refractivity contribution in [3.63, 3.8) is 0 Å². The number of aryl methyl sites for hydroxylation is 1. The number of pyridine rings is 1. The standard InChI is InChI=1S/C20H20FN3O2S/c1-15-2-7-19-18(14-15)20(8-9-22-19)23-10-12-24(13-11-23)27(25,26)17-5-3-16(21)4-6-17/h2-9,14H,10-13H2,1H3. The molecule has 0 aliphatic carbocycles. The Bertz CT molecular complexity index is 1080. The molecule has 5 nitrogen and oxygen atoms in total. The number of hydrogen-bond acceptors (Lipinski definition) is 4. The number of benzene rings is 2. The van der Waals surface area contributed by atoms with E-state index in [1.165, 1.54) is 28.6 Å². The first kappa shape index (κ1) is 17.9. The first-order valence-electron chi connectivity index (χ1n) is 8.81. The highest BCUT2D eigenvalue weighted by Crippen LogP contribution is 2.28. The van der Waals surface area contributed by atoms with E-state index in [4.69, 9.17) is 0 Å². The first-order valence-corrected chi connectivity index (χ1v) is 10.3. The molecule has 27 heavy (non-hydrogen) atoms. The Kier molecular flexibility index (Phi) is 4.57. The van der Waals surface area contributed by atoms with Crippen molar-refractivity contribution in [3.05, 3.63) is 66.1 Å². The monoisotopic (exact) mass is 385 g/mol. The summed E-state index contributed by atoms with van der Waals surface area (Å²) in [4.78, 5) is 6.74. The van der Waals surface area contributed by atoms with Gasteiger partial charge in [0, 0.05) is 43.4 Å². The molecule has 0 amide bonds. The molecule has 1 aliphatic heterocycles. The summed E-state index contributed by atoms with van der Waals surface area (Å²) in [6, 6.07) is 13.1. The van der Waals surface area contributed by atoms with Gasteiger partial charge in [0.05, 0.1) is 10.4 Å². The Hall–Kier alpha value is -2.51. The van der Waals surface area contributed by atoms with Crippen molar-refractivity contribution in [2.24, 2.45) is 0 Å². The SMILES string of the molecule is Cc1ccc2nccc(N3CCN(S(=O)(=O)c4ccc(F)cc4)CC3)c2c1. The van der Waals surface area contributed by atoms with E-state index in [1.807, 2.05) is 25.1 Å². The minimum absolute atomic E-state index is 0.127. The molecule has 0 bridgehead atoms. The van der Waals surface area contributed by atoms with Crippen molar-refractivity contribution >= 4 is 26.6 Å². The van der Waals surface area contributed by atoms with Crippen molar-refractivity contribution < 1.29 is 12.8 Å². The topological polar surface area (TPSA) is 53.5 Å². The van der Waals surface area contributed by atoms with E-state index in [-0.39, 0.29) is 4.90 Å². The van der Waals surface area contributed by atoms with Gasteiger partial charge < -0.3 is 4.90 Å². The van der Waals surface area contributed by atoms with Crippen molar-refractivity contribution in [1.82, 2.24) is 9.29 Å². The van der Waals surface area contributed by atoms with Crippen LogP contribution < -0.4 is 4.90 Å². The first-order chi connectivity index (χ1) is 12.9. The predicted octanol–water partition coefficient (Wildman–Crippen LogP) is 3.19. The number of halogens is 1. The van der Waals surface area contributed by atoms with E-state index >= 15 is 0 Å². The van der Waals surface area contributed by atoms with Gasteiger partial charge in [-0.1, -0.05) is 11.6 Å². The van der Waals surface area contributed by atoms with Gasteiger partial charge >= 0.3 is 0 Å². The largest absolute Gasteiger partial charge is 0.368 e. The summed E-state index contributed by atoms with van der Waals surface area (Å²) in [7, 11) is -3.61. The van der Waals surface area contributed by atoms with Crippen LogP contribution in [0.4, 0.5) is 10.1 Å². The highest BCUT2D eigenvalue weighted by molar-refractivity contribution is 7.89. The van der Waals surface area contributed by atoms with Crippen LogP contribution in [0.15, 0.2) is 59.6 Å². The van der Waals surface area contributed by atoms with Crippen LogP contribution in [0.25, 0.3) is 10.9 Å². The second-order valence-corrected chi connectivity index (χ2v) is 8.63. The van der Waals surface area contributed by atoms with Gasteiger partial charge in [0.2, 0.25) is 10.0 Å². The van der Waals surface area contributed by atoms with Crippen molar-refractivity contribution in [1.29, 1.82) is 0 Å². The lowest BCUT2D eigenvalue weighted by atomic mass is 10.1. The Morgan fingerprint density at radius 2 is 1.67 bits per heavy atom. The average molecular weight is 385 g/mol. The number of piperazine rings is 1. The van der Waals surface area contributed by atoms with Crippen molar-refractivity contribution in [3.8, 4) is 0 Å². The van der Waals surface area contributed by atoms with Crippen LogP contribution in [0.3, 0.4) is 0 Å². The fraction of sp³-hybridized carbons (Fsp3) is 0.250. The Balaban J connectivity index is 1.56. The van der Waals surface area contributed by atoms with Gasteiger partial charge in [-0.25, -0.2) is 12.8 Å². The maximum absolute atomic E-state index is 13.1. The maximum Gasteiger partial charge on any atom is 0.243 e. The lowest BCUT2D eigenvalue weighted by Gasteiger charge is -2.35. The average Bonchev–Trinajstić information content (AvgIpc) is 2.68. The number of aromatic nitrogens is 1. The van der Waals surface area contributed by atoms with Gasteiger partial charge in [-0.3, -0.25) is 4.98 Å². The van der Waals surface area contributed by atoms with E-state index in [0.717, 1.165) is 22.2 Å². The number of nitrogens with zero attached hydrogens (tertiary/aromatic N) is 3. The fourth-order valence-corrected chi connectivity index (χ4v) is 4.87. The second-order valence-electron chi connectivity index (χ2n) is 6.70. The third kappa shape index (κ3) is 3.40. The summed E-state index contributed by atoms with van der Waals surface area (Å²) in [5.41, 5.74) is 3.16. The van der Waals surface area contributed by atoms with Gasteiger partial charge in [-0.15, -0.1) is 0 Å². The number of sulfonamides is 1. The van der Waals surface area contributed by atoms with Crippen LogP contribution in [0.1, 0.15) is 5.56 Å². The fourth-order valence-electron chi connectivity index (χ4n) is 3.45. The molecule has 0 unspecified atom stereocenters. The number of fused-ring (bicyclic) bond motifs is 1. The van der Waals surface area contributed by atoms with Crippen LogP contribution in [0.2, 0.25) is 0 Å².